The third-order valence-corrected chi connectivity index (χ3v) is 2.89. The van der Waals surface area contributed by atoms with Crippen molar-refractivity contribution < 1.29 is 9.47 Å². The van der Waals surface area contributed by atoms with E-state index in [1.165, 1.54) is 4.57 Å². The number of nitrogens with zero attached hydrogens (tertiary/aromatic N) is 1. The molecule has 5 nitrogen and oxygen atoms in total. The van der Waals surface area contributed by atoms with Crippen molar-refractivity contribution in [2.75, 3.05) is 14.2 Å². The summed E-state index contributed by atoms with van der Waals surface area (Å²) in [5, 5.41) is 0. The van der Waals surface area contributed by atoms with Gasteiger partial charge in [-0.15, -0.1) is 0 Å². The lowest BCUT2D eigenvalue weighted by molar-refractivity contribution is 0.393. The maximum atomic E-state index is 12.2. The summed E-state index contributed by atoms with van der Waals surface area (Å²) in [4.78, 5) is 12.2. The van der Waals surface area contributed by atoms with E-state index >= 15 is 0 Å². The van der Waals surface area contributed by atoms with Crippen LogP contribution in [0.15, 0.2) is 41.3 Å². The van der Waals surface area contributed by atoms with Crippen molar-refractivity contribution in [1.29, 1.82) is 0 Å². The minimum atomic E-state index is -0.145. The first-order chi connectivity index (χ1) is 9.21. The van der Waals surface area contributed by atoms with Gasteiger partial charge in [0.2, 0.25) is 0 Å². The monoisotopic (exact) mass is 260 g/mol. The molecule has 0 aliphatic rings. The van der Waals surface area contributed by atoms with Crippen LogP contribution in [0.25, 0.3) is 5.69 Å². The standard InChI is InChI=1S/C14H16N2O3/c1-18-11-5-6-12(13(8-11)19-2)16-7-3-4-10(9-15)14(16)17/h3-8H,9,15H2,1-2H3. The van der Waals surface area contributed by atoms with E-state index in [1.54, 1.807) is 50.7 Å². The minimum absolute atomic E-state index is 0.145. The van der Waals surface area contributed by atoms with Gasteiger partial charge in [0, 0.05) is 24.4 Å². The lowest BCUT2D eigenvalue weighted by Gasteiger charge is -2.13. The van der Waals surface area contributed by atoms with Gasteiger partial charge in [0.1, 0.15) is 11.5 Å². The van der Waals surface area contributed by atoms with Crippen molar-refractivity contribution in [3.8, 4) is 17.2 Å². The maximum absolute atomic E-state index is 12.2. The number of hydrogen-bond acceptors (Lipinski definition) is 4. The molecule has 0 atom stereocenters. The van der Waals surface area contributed by atoms with Crippen molar-refractivity contribution in [1.82, 2.24) is 4.57 Å². The van der Waals surface area contributed by atoms with Gasteiger partial charge in [0.05, 0.1) is 19.9 Å². The summed E-state index contributed by atoms with van der Waals surface area (Å²) in [5.41, 5.74) is 6.62. The summed E-state index contributed by atoms with van der Waals surface area (Å²) < 4.78 is 11.9. The fraction of sp³-hybridized carbons (Fsp3) is 0.214. The van der Waals surface area contributed by atoms with Gasteiger partial charge < -0.3 is 15.2 Å². The Hall–Kier alpha value is -2.27. The average molecular weight is 260 g/mol. The first-order valence-corrected chi connectivity index (χ1v) is 5.84. The summed E-state index contributed by atoms with van der Waals surface area (Å²) in [6.45, 7) is 0.206. The molecule has 0 bridgehead atoms. The molecular weight excluding hydrogens is 244 g/mol. The number of benzene rings is 1. The summed E-state index contributed by atoms with van der Waals surface area (Å²) in [6.07, 6.45) is 1.69. The Kier molecular flexibility index (Phi) is 3.87. The first kappa shape index (κ1) is 13.2. The SMILES string of the molecule is COc1ccc(-n2cccc(CN)c2=O)c(OC)c1. The molecule has 0 spiro atoms. The molecule has 0 aliphatic carbocycles. The molecule has 0 saturated heterocycles. The van der Waals surface area contributed by atoms with Crippen LogP contribution in [0, 0.1) is 0 Å². The highest BCUT2D eigenvalue weighted by Crippen LogP contribution is 2.26. The summed E-state index contributed by atoms with van der Waals surface area (Å²) in [6, 6.07) is 8.79. The van der Waals surface area contributed by atoms with Crippen LogP contribution in [0.3, 0.4) is 0 Å². The van der Waals surface area contributed by atoms with E-state index in [4.69, 9.17) is 15.2 Å². The summed E-state index contributed by atoms with van der Waals surface area (Å²) in [7, 11) is 3.13. The van der Waals surface area contributed by atoms with Gasteiger partial charge in [-0.25, -0.2) is 0 Å². The Balaban J connectivity index is 2.62. The van der Waals surface area contributed by atoms with E-state index < -0.39 is 0 Å². The fourth-order valence-corrected chi connectivity index (χ4v) is 1.87. The quantitative estimate of drug-likeness (QED) is 0.900. The smallest absolute Gasteiger partial charge is 0.259 e. The fourth-order valence-electron chi connectivity index (χ4n) is 1.87. The molecule has 5 heteroatoms. The molecule has 1 aromatic carbocycles. The highest BCUT2D eigenvalue weighted by Gasteiger charge is 2.10. The van der Waals surface area contributed by atoms with Crippen molar-refractivity contribution in [2.45, 2.75) is 6.54 Å². The van der Waals surface area contributed by atoms with E-state index in [-0.39, 0.29) is 12.1 Å². The van der Waals surface area contributed by atoms with E-state index in [2.05, 4.69) is 0 Å². The zero-order valence-electron chi connectivity index (χ0n) is 10.9. The van der Waals surface area contributed by atoms with E-state index in [9.17, 15) is 4.79 Å². The molecule has 1 heterocycles. The van der Waals surface area contributed by atoms with Crippen molar-refractivity contribution in [3.63, 3.8) is 0 Å². The Morgan fingerprint density at radius 3 is 2.63 bits per heavy atom. The molecule has 0 unspecified atom stereocenters. The maximum Gasteiger partial charge on any atom is 0.259 e. The lowest BCUT2D eigenvalue weighted by atomic mass is 10.2. The summed E-state index contributed by atoms with van der Waals surface area (Å²) >= 11 is 0. The second-order valence-electron chi connectivity index (χ2n) is 3.95. The lowest BCUT2D eigenvalue weighted by Crippen LogP contribution is -2.23. The van der Waals surface area contributed by atoms with Crippen LogP contribution in [0.2, 0.25) is 0 Å². The molecule has 0 radical (unpaired) electrons. The molecule has 2 aromatic rings. The topological polar surface area (TPSA) is 66.5 Å². The molecule has 2 N–H and O–H groups in total. The van der Waals surface area contributed by atoms with Crippen LogP contribution in [-0.2, 0) is 6.54 Å². The van der Waals surface area contributed by atoms with Gasteiger partial charge in [-0.1, -0.05) is 6.07 Å². The Bertz CT molecular complexity index is 635. The molecular formula is C14H16N2O3. The molecule has 0 fully saturated rings. The normalized spacial score (nSPS) is 10.3. The van der Waals surface area contributed by atoms with Crippen LogP contribution in [0.4, 0.5) is 0 Å². The summed E-state index contributed by atoms with van der Waals surface area (Å²) in [5.74, 6) is 1.24. The first-order valence-electron chi connectivity index (χ1n) is 5.84. The van der Waals surface area contributed by atoms with E-state index in [0.717, 1.165) is 0 Å². The third-order valence-electron chi connectivity index (χ3n) is 2.89. The molecule has 0 saturated carbocycles. The highest BCUT2D eigenvalue weighted by atomic mass is 16.5. The van der Waals surface area contributed by atoms with E-state index in [0.29, 0.717) is 22.7 Å². The highest BCUT2D eigenvalue weighted by molar-refractivity contribution is 5.51. The average Bonchev–Trinajstić information content (AvgIpc) is 2.47. The second kappa shape index (κ2) is 5.58. The number of hydrogen-bond donors (Lipinski definition) is 1. The number of ether oxygens (including phenoxy) is 2. The zero-order valence-corrected chi connectivity index (χ0v) is 10.9. The number of methoxy groups -OCH3 is 2. The zero-order chi connectivity index (χ0) is 13.8. The van der Waals surface area contributed by atoms with Crippen molar-refractivity contribution >= 4 is 0 Å². The Morgan fingerprint density at radius 1 is 1.21 bits per heavy atom. The van der Waals surface area contributed by atoms with Gasteiger partial charge in [0.15, 0.2) is 0 Å². The van der Waals surface area contributed by atoms with Gasteiger partial charge in [0.25, 0.3) is 5.56 Å². The number of pyridine rings is 1. The molecule has 1 aromatic heterocycles. The molecule has 0 amide bonds. The predicted octanol–water partition coefficient (Wildman–Crippen LogP) is 1.31. The van der Waals surface area contributed by atoms with Crippen molar-refractivity contribution in [3.05, 3.63) is 52.4 Å². The largest absolute Gasteiger partial charge is 0.497 e. The Labute approximate surface area is 111 Å². The number of rotatable bonds is 4. The van der Waals surface area contributed by atoms with Gasteiger partial charge in [-0.3, -0.25) is 9.36 Å². The van der Waals surface area contributed by atoms with Crippen LogP contribution in [-0.4, -0.2) is 18.8 Å². The van der Waals surface area contributed by atoms with E-state index in [1.807, 2.05) is 0 Å². The molecule has 100 valence electrons. The van der Waals surface area contributed by atoms with Crippen molar-refractivity contribution in [2.24, 2.45) is 5.73 Å². The third kappa shape index (κ3) is 2.46. The number of aromatic nitrogens is 1. The van der Waals surface area contributed by atoms with Crippen LogP contribution < -0.4 is 20.8 Å². The van der Waals surface area contributed by atoms with Gasteiger partial charge >= 0.3 is 0 Å². The van der Waals surface area contributed by atoms with Crippen LogP contribution in [0.5, 0.6) is 11.5 Å². The van der Waals surface area contributed by atoms with Crippen LogP contribution in [0.1, 0.15) is 5.56 Å². The molecule has 2 rings (SSSR count). The Morgan fingerprint density at radius 2 is 2.00 bits per heavy atom. The minimum Gasteiger partial charge on any atom is -0.497 e. The van der Waals surface area contributed by atoms with Gasteiger partial charge in [-0.05, 0) is 18.2 Å². The van der Waals surface area contributed by atoms with Gasteiger partial charge in [-0.2, -0.15) is 0 Å². The molecule has 0 aliphatic heterocycles. The molecule has 19 heavy (non-hydrogen) atoms. The predicted molar refractivity (Wildman–Crippen MR) is 73.0 cm³/mol. The van der Waals surface area contributed by atoms with Crippen LogP contribution >= 0.6 is 0 Å². The second-order valence-corrected chi connectivity index (χ2v) is 3.95. The number of nitrogens with two attached hydrogens (primary N) is 1.